The van der Waals surface area contributed by atoms with Crippen molar-refractivity contribution in [2.45, 2.75) is 45.8 Å². The van der Waals surface area contributed by atoms with Crippen molar-refractivity contribution in [2.24, 2.45) is 5.73 Å². The summed E-state index contributed by atoms with van der Waals surface area (Å²) in [6, 6.07) is 7.43. The lowest BCUT2D eigenvalue weighted by Gasteiger charge is -2.36. The van der Waals surface area contributed by atoms with Gasteiger partial charge in [0.2, 0.25) is 0 Å². The second kappa shape index (κ2) is 4.98. The normalized spacial score (nSPS) is 20.8. The molecule has 0 saturated heterocycles. The van der Waals surface area contributed by atoms with E-state index in [2.05, 4.69) is 36.9 Å². The lowest BCUT2D eigenvalue weighted by atomic mass is 9.91. The molecule has 0 aromatic heterocycles. The van der Waals surface area contributed by atoms with Crippen LogP contribution in [0.1, 0.15) is 37.0 Å². The maximum absolute atomic E-state index is 5.69. The molecule has 2 rings (SSSR count). The molecule has 2 nitrogen and oxygen atoms in total. The van der Waals surface area contributed by atoms with Gasteiger partial charge in [0.25, 0.3) is 0 Å². The third kappa shape index (κ3) is 2.13. The first-order valence-electron chi connectivity index (χ1n) is 6.33. The molecule has 1 aliphatic rings. The fourth-order valence-corrected chi connectivity index (χ4v) is 2.65. The number of nitrogens with two attached hydrogens (primary N) is 1. The molecule has 0 spiro atoms. The van der Waals surface area contributed by atoms with Crippen LogP contribution in [0.4, 0.5) is 0 Å². The van der Waals surface area contributed by atoms with Crippen molar-refractivity contribution in [2.75, 3.05) is 6.54 Å². The predicted octanol–water partition coefficient (Wildman–Crippen LogP) is 2.30. The van der Waals surface area contributed by atoms with Gasteiger partial charge in [0.15, 0.2) is 0 Å². The first-order valence-corrected chi connectivity index (χ1v) is 6.33. The molecule has 1 heterocycles. The molecule has 0 aliphatic carbocycles. The standard InChI is InChI=1S/C14H22N2/c1-3-14-8-13-7-11(9-15)5-6-12(13)10-16(14)4-2/h5-7,14H,3-4,8-10,15H2,1-2H3. The molecular formula is C14H22N2. The van der Waals surface area contributed by atoms with Crippen LogP contribution in [-0.4, -0.2) is 17.5 Å². The average molecular weight is 218 g/mol. The molecule has 0 saturated carbocycles. The topological polar surface area (TPSA) is 29.3 Å². The Morgan fingerprint density at radius 3 is 2.75 bits per heavy atom. The van der Waals surface area contributed by atoms with E-state index in [9.17, 15) is 0 Å². The molecular weight excluding hydrogens is 196 g/mol. The summed E-state index contributed by atoms with van der Waals surface area (Å²) in [5, 5.41) is 0. The van der Waals surface area contributed by atoms with E-state index in [0.717, 1.165) is 13.1 Å². The highest BCUT2D eigenvalue weighted by Crippen LogP contribution is 2.25. The fraction of sp³-hybridized carbons (Fsp3) is 0.571. The minimum Gasteiger partial charge on any atom is -0.326 e. The van der Waals surface area contributed by atoms with Crippen LogP contribution in [0.25, 0.3) is 0 Å². The second-order valence-electron chi connectivity index (χ2n) is 4.64. The Labute approximate surface area is 98.4 Å². The van der Waals surface area contributed by atoms with Gasteiger partial charge in [-0.15, -0.1) is 0 Å². The van der Waals surface area contributed by atoms with E-state index in [4.69, 9.17) is 5.73 Å². The highest BCUT2D eigenvalue weighted by Gasteiger charge is 2.23. The Morgan fingerprint density at radius 1 is 1.31 bits per heavy atom. The van der Waals surface area contributed by atoms with Crippen LogP contribution in [0.2, 0.25) is 0 Å². The lowest BCUT2D eigenvalue weighted by molar-refractivity contribution is 0.176. The van der Waals surface area contributed by atoms with Crippen LogP contribution in [0.5, 0.6) is 0 Å². The molecule has 1 aliphatic heterocycles. The molecule has 0 amide bonds. The van der Waals surface area contributed by atoms with E-state index in [1.54, 1.807) is 0 Å². The highest BCUT2D eigenvalue weighted by molar-refractivity contribution is 5.34. The molecule has 0 radical (unpaired) electrons. The number of hydrogen-bond acceptors (Lipinski definition) is 2. The third-order valence-corrected chi connectivity index (χ3v) is 3.73. The maximum Gasteiger partial charge on any atom is 0.0239 e. The predicted molar refractivity (Wildman–Crippen MR) is 68.2 cm³/mol. The molecule has 2 heteroatoms. The van der Waals surface area contributed by atoms with Gasteiger partial charge in [-0.05, 0) is 36.1 Å². The zero-order valence-electron chi connectivity index (χ0n) is 10.4. The SMILES string of the molecule is CCC1Cc2cc(CN)ccc2CN1CC. The summed E-state index contributed by atoms with van der Waals surface area (Å²) in [6.07, 6.45) is 2.42. The van der Waals surface area contributed by atoms with Crippen molar-refractivity contribution in [3.05, 3.63) is 34.9 Å². The second-order valence-corrected chi connectivity index (χ2v) is 4.64. The van der Waals surface area contributed by atoms with E-state index < -0.39 is 0 Å². The van der Waals surface area contributed by atoms with Gasteiger partial charge in [0, 0.05) is 19.1 Å². The molecule has 1 aromatic carbocycles. The van der Waals surface area contributed by atoms with E-state index in [1.165, 1.54) is 29.5 Å². The Kier molecular flexibility index (Phi) is 3.62. The van der Waals surface area contributed by atoms with E-state index in [0.29, 0.717) is 12.6 Å². The number of fused-ring (bicyclic) bond motifs is 1. The van der Waals surface area contributed by atoms with Crippen molar-refractivity contribution in [1.82, 2.24) is 4.90 Å². The summed E-state index contributed by atoms with van der Waals surface area (Å²) < 4.78 is 0. The minimum atomic E-state index is 0.654. The third-order valence-electron chi connectivity index (χ3n) is 3.73. The summed E-state index contributed by atoms with van der Waals surface area (Å²) in [6.45, 7) is 7.44. The number of benzene rings is 1. The smallest absolute Gasteiger partial charge is 0.0239 e. The number of likely N-dealkylation sites (N-methyl/N-ethyl adjacent to an activating group) is 1. The molecule has 0 bridgehead atoms. The van der Waals surface area contributed by atoms with Crippen molar-refractivity contribution in [3.63, 3.8) is 0 Å². The first-order chi connectivity index (χ1) is 7.78. The summed E-state index contributed by atoms with van der Waals surface area (Å²) >= 11 is 0. The monoisotopic (exact) mass is 218 g/mol. The quantitative estimate of drug-likeness (QED) is 0.843. The molecule has 2 N–H and O–H groups in total. The van der Waals surface area contributed by atoms with Gasteiger partial charge in [-0.25, -0.2) is 0 Å². The van der Waals surface area contributed by atoms with E-state index in [-0.39, 0.29) is 0 Å². The molecule has 1 aromatic rings. The van der Waals surface area contributed by atoms with Crippen molar-refractivity contribution in [1.29, 1.82) is 0 Å². The number of rotatable bonds is 3. The number of nitrogens with zero attached hydrogens (tertiary/aromatic N) is 1. The van der Waals surface area contributed by atoms with Crippen LogP contribution >= 0.6 is 0 Å². The Balaban J connectivity index is 2.27. The molecule has 16 heavy (non-hydrogen) atoms. The van der Waals surface area contributed by atoms with Crippen LogP contribution in [0, 0.1) is 0 Å². The van der Waals surface area contributed by atoms with Gasteiger partial charge >= 0.3 is 0 Å². The zero-order chi connectivity index (χ0) is 11.5. The number of hydrogen-bond donors (Lipinski definition) is 1. The largest absolute Gasteiger partial charge is 0.326 e. The van der Waals surface area contributed by atoms with Gasteiger partial charge in [-0.2, -0.15) is 0 Å². The van der Waals surface area contributed by atoms with Crippen molar-refractivity contribution in [3.8, 4) is 0 Å². The summed E-state index contributed by atoms with van der Waals surface area (Å²) in [5.41, 5.74) is 9.96. The molecule has 0 fully saturated rings. The molecule has 88 valence electrons. The first kappa shape index (κ1) is 11.6. The summed E-state index contributed by atoms with van der Waals surface area (Å²) in [7, 11) is 0. The van der Waals surface area contributed by atoms with Crippen LogP contribution < -0.4 is 5.73 Å². The Bertz CT molecular complexity index is 360. The van der Waals surface area contributed by atoms with Crippen molar-refractivity contribution >= 4 is 0 Å². The van der Waals surface area contributed by atoms with Gasteiger partial charge in [0.05, 0.1) is 0 Å². The molecule has 1 unspecified atom stereocenters. The van der Waals surface area contributed by atoms with Crippen LogP contribution in [0.3, 0.4) is 0 Å². The maximum atomic E-state index is 5.69. The Morgan fingerprint density at radius 2 is 2.12 bits per heavy atom. The van der Waals surface area contributed by atoms with Gasteiger partial charge in [0.1, 0.15) is 0 Å². The van der Waals surface area contributed by atoms with Gasteiger partial charge in [-0.1, -0.05) is 32.0 Å². The average Bonchev–Trinajstić information content (AvgIpc) is 2.36. The van der Waals surface area contributed by atoms with Crippen molar-refractivity contribution < 1.29 is 0 Å². The minimum absolute atomic E-state index is 0.654. The van der Waals surface area contributed by atoms with E-state index in [1.807, 2.05) is 0 Å². The molecule has 1 atom stereocenters. The Hall–Kier alpha value is -0.860. The van der Waals surface area contributed by atoms with E-state index >= 15 is 0 Å². The van der Waals surface area contributed by atoms with Gasteiger partial charge < -0.3 is 5.73 Å². The lowest BCUT2D eigenvalue weighted by Crippen LogP contribution is -2.39. The zero-order valence-corrected chi connectivity index (χ0v) is 10.4. The summed E-state index contributed by atoms with van der Waals surface area (Å²) in [5.74, 6) is 0. The summed E-state index contributed by atoms with van der Waals surface area (Å²) in [4.78, 5) is 2.57. The fourth-order valence-electron chi connectivity index (χ4n) is 2.65. The van der Waals surface area contributed by atoms with Crippen LogP contribution in [0.15, 0.2) is 18.2 Å². The van der Waals surface area contributed by atoms with Crippen LogP contribution in [-0.2, 0) is 19.5 Å². The highest BCUT2D eigenvalue weighted by atomic mass is 15.2. The van der Waals surface area contributed by atoms with Gasteiger partial charge in [-0.3, -0.25) is 4.90 Å².